The summed E-state index contributed by atoms with van der Waals surface area (Å²) in [6.07, 6.45) is 2.08. The smallest absolute Gasteiger partial charge is 0.119 e. The van der Waals surface area contributed by atoms with Gasteiger partial charge in [-0.25, -0.2) is 0 Å². The van der Waals surface area contributed by atoms with Crippen LogP contribution in [0.25, 0.3) is 0 Å². The third kappa shape index (κ3) is 4.27. The second-order valence-electron chi connectivity index (χ2n) is 4.25. The van der Waals surface area contributed by atoms with Crippen LogP contribution in [0.3, 0.4) is 0 Å². The van der Waals surface area contributed by atoms with Gasteiger partial charge in [-0.1, -0.05) is 6.92 Å². The van der Waals surface area contributed by atoms with Gasteiger partial charge in [0.1, 0.15) is 17.0 Å². The molecule has 0 heterocycles. The molecule has 4 nitrogen and oxygen atoms in total. The van der Waals surface area contributed by atoms with Crippen molar-refractivity contribution in [1.29, 1.82) is 5.26 Å². The average molecular weight is 248 g/mol. The molecule has 0 aliphatic rings. The molecule has 1 unspecified atom stereocenters. The van der Waals surface area contributed by atoms with Gasteiger partial charge in [-0.3, -0.25) is 0 Å². The third-order valence-corrected chi connectivity index (χ3v) is 2.95. The SMILES string of the molecule is CCC(N)(C#N)CCCOc1ccc(OC)cc1. The van der Waals surface area contributed by atoms with Gasteiger partial charge >= 0.3 is 0 Å². The highest BCUT2D eigenvalue weighted by Crippen LogP contribution is 2.18. The Morgan fingerprint density at radius 2 is 1.89 bits per heavy atom. The number of nitrogens with zero attached hydrogens (tertiary/aromatic N) is 1. The molecule has 1 atom stereocenters. The van der Waals surface area contributed by atoms with Gasteiger partial charge in [0.05, 0.1) is 19.8 Å². The molecule has 0 aliphatic carbocycles. The number of methoxy groups -OCH3 is 1. The maximum Gasteiger partial charge on any atom is 0.119 e. The summed E-state index contributed by atoms with van der Waals surface area (Å²) < 4.78 is 10.6. The number of rotatable bonds is 7. The van der Waals surface area contributed by atoms with Crippen LogP contribution >= 0.6 is 0 Å². The predicted octanol–water partition coefficient (Wildman–Crippen LogP) is 2.49. The zero-order valence-electron chi connectivity index (χ0n) is 11.0. The van der Waals surface area contributed by atoms with E-state index in [1.807, 2.05) is 31.2 Å². The van der Waals surface area contributed by atoms with E-state index in [-0.39, 0.29) is 0 Å². The van der Waals surface area contributed by atoms with Gasteiger partial charge in [0, 0.05) is 0 Å². The van der Waals surface area contributed by atoms with Crippen LogP contribution in [0.15, 0.2) is 24.3 Å². The molecule has 0 fully saturated rings. The fourth-order valence-electron chi connectivity index (χ4n) is 1.56. The largest absolute Gasteiger partial charge is 0.497 e. The number of hydrogen-bond donors (Lipinski definition) is 1. The van der Waals surface area contributed by atoms with Crippen LogP contribution in [0.1, 0.15) is 26.2 Å². The molecule has 0 radical (unpaired) electrons. The van der Waals surface area contributed by atoms with Crippen molar-refractivity contribution in [1.82, 2.24) is 0 Å². The second-order valence-corrected chi connectivity index (χ2v) is 4.25. The zero-order chi connectivity index (χ0) is 13.4. The molecule has 0 aromatic heterocycles. The number of nitriles is 1. The molecule has 0 amide bonds. The number of hydrogen-bond acceptors (Lipinski definition) is 4. The summed E-state index contributed by atoms with van der Waals surface area (Å²) in [4.78, 5) is 0. The lowest BCUT2D eigenvalue weighted by Gasteiger charge is -2.18. The minimum atomic E-state index is -0.719. The van der Waals surface area contributed by atoms with Crippen LogP contribution in [0, 0.1) is 11.3 Å². The normalized spacial score (nSPS) is 13.4. The van der Waals surface area contributed by atoms with Gasteiger partial charge in [-0.15, -0.1) is 0 Å². The van der Waals surface area contributed by atoms with Crippen molar-refractivity contribution in [3.05, 3.63) is 24.3 Å². The first-order valence-electron chi connectivity index (χ1n) is 6.10. The van der Waals surface area contributed by atoms with Gasteiger partial charge in [-0.05, 0) is 43.5 Å². The van der Waals surface area contributed by atoms with Crippen molar-refractivity contribution in [2.45, 2.75) is 31.7 Å². The van der Waals surface area contributed by atoms with Crippen molar-refractivity contribution in [3.8, 4) is 17.6 Å². The van der Waals surface area contributed by atoms with E-state index in [2.05, 4.69) is 6.07 Å². The molecule has 0 saturated carbocycles. The third-order valence-electron chi connectivity index (χ3n) is 2.95. The van der Waals surface area contributed by atoms with Gasteiger partial charge in [0.25, 0.3) is 0 Å². The van der Waals surface area contributed by atoms with E-state index in [9.17, 15) is 0 Å². The molecule has 98 valence electrons. The Morgan fingerprint density at radius 1 is 1.28 bits per heavy atom. The van der Waals surface area contributed by atoms with E-state index < -0.39 is 5.54 Å². The molecule has 0 spiro atoms. The van der Waals surface area contributed by atoms with Gasteiger partial charge in [-0.2, -0.15) is 5.26 Å². The van der Waals surface area contributed by atoms with Crippen LogP contribution in [0.4, 0.5) is 0 Å². The molecular weight excluding hydrogens is 228 g/mol. The molecular formula is C14H20N2O2. The Labute approximate surface area is 108 Å². The standard InChI is InChI=1S/C14H20N2O2/c1-3-14(16,11-15)9-4-10-18-13-7-5-12(17-2)6-8-13/h5-8H,3-4,9-10,16H2,1-2H3. The number of benzene rings is 1. The van der Waals surface area contributed by atoms with Crippen molar-refractivity contribution < 1.29 is 9.47 Å². The highest BCUT2D eigenvalue weighted by Gasteiger charge is 2.20. The Bertz CT molecular complexity index is 397. The molecule has 0 saturated heterocycles. The average Bonchev–Trinajstić information content (AvgIpc) is 2.44. The molecule has 1 rings (SSSR count). The van der Waals surface area contributed by atoms with Crippen molar-refractivity contribution in [2.24, 2.45) is 5.73 Å². The van der Waals surface area contributed by atoms with E-state index in [0.29, 0.717) is 19.4 Å². The topological polar surface area (TPSA) is 68.3 Å². The fraction of sp³-hybridized carbons (Fsp3) is 0.500. The number of nitrogens with two attached hydrogens (primary N) is 1. The summed E-state index contributed by atoms with van der Waals surface area (Å²) in [6.45, 7) is 2.49. The van der Waals surface area contributed by atoms with Crippen LogP contribution < -0.4 is 15.2 Å². The maximum atomic E-state index is 8.93. The predicted molar refractivity (Wildman–Crippen MR) is 70.5 cm³/mol. The molecule has 2 N–H and O–H groups in total. The van der Waals surface area contributed by atoms with E-state index in [1.165, 1.54) is 0 Å². The Balaban J connectivity index is 2.31. The van der Waals surface area contributed by atoms with Crippen molar-refractivity contribution >= 4 is 0 Å². The summed E-state index contributed by atoms with van der Waals surface area (Å²) in [7, 11) is 1.63. The van der Waals surface area contributed by atoms with Crippen molar-refractivity contribution in [3.63, 3.8) is 0 Å². The quantitative estimate of drug-likeness (QED) is 0.753. The first kappa shape index (κ1) is 14.3. The van der Waals surface area contributed by atoms with Gasteiger partial charge in [0.15, 0.2) is 0 Å². The molecule has 18 heavy (non-hydrogen) atoms. The minimum absolute atomic E-state index is 0.562. The van der Waals surface area contributed by atoms with E-state index >= 15 is 0 Å². The monoisotopic (exact) mass is 248 g/mol. The first-order chi connectivity index (χ1) is 8.63. The minimum Gasteiger partial charge on any atom is -0.497 e. The maximum absolute atomic E-state index is 8.93. The lowest BCUT2D eigenvalue weighted by molar-refractivity contribution is 0.291. The Kier molecular flexibility index (Phi) is 5.47. The first-order valence-corrected chi connectivity index (χ1v) is 6.10. The number of ether oxygens (including phenoxy) is 2. The highest BCUT2D eigenvalue weighted by atomic mass is 16.5. The van der Waals surface area contributed by atoms with Crippen LogP contribution in [-0.4, -0.2) is 19.3 Å². The van der Waals surface area contributed by atoms with E-state index in [4.69, 9.17) is 20.5 Å². The lowest BCUT2D eigenvalue weighted by Crippen LogP contribution is -2.37. The molecule has 4 heteroatoms. The molecule has 0 bridgehead atoms. The summed E-state index contributed by atoms with van der Waals surface area (Å²) >= 11 is 0. The Hall–Kier alpha value is -1.73. The van der Waals surface area contributed by atoms with Gasteiger partial charge in [0.2, 0.25) is 0 Å². The summed E-state index contributed by atoms with van der Waals surface area (Å²) in [5.74, 6) is 1.60. The molecule has 1 aromatic rings. The summed E-state index contributed by atoms with van der Waals surface area (Å²) in [5, 5.41) is 8.93. The van der Waals surface area contributed by atoms with E-state index in [1.54, 1.807) is 7.11 Å². The zero-order valence-corrected chi connectivity index (χ0v) is 11.0. The van der Waals surface area contributed by atoms with Crippen molar-refractivity contribution in [2.75, 3.05) is 13.7 Å². The molecule has 0 aliphatic heterocycles. The van der Waals surface area contributed by atoms with Gasteiger partial charge < -0.3 is 15.2 Å². The van der Waals surface area contributed by atoms with Crippen LogP contribution in [-0.2, 0) is 0 Å². The highest BCUT2D eigenvalue weighted by molar-refractivity contribution is 5.31. The summed E-state index contributed by atoms with van der Waals surface area (Å²) in [5.41, 5.74) is 5.16. The van der Waals surface area contributed by atoms with E-state index in [0.717, 1.165) is 17.9 Å². The molecule has 1 aromatic carbocycles. The Morgan fingerprint density at radius 3 is 2.39 bits per heavy atom. The van der Waals surface area contributed by atoms with Crippen LogP contribution in [0.5, 0.6) is 11.5 Å². The van der Waals surface area contributed by atoms with Crippen LogP contribution in [0.2, 0.25) is 0 Å². The second kappa shape index (κ2) is 6.87. The fourth-order valence-corrected chi connectivity index (χ4v) is 1.56. The summed E-state index contributed by atoms with van der Waals surface area (Å²) in [6, 6.07) is 9.57. The lowest BCUT2D eigenvalue weighted by atomic mass is 9.94.